The highest BCUT2D eigenvalue weighted by Gasteiger charge is 2.40. The molecule has 3 aliphatic rings. The molecule has 0 radical (unpaired) electrons. The van der Waals surface area contributed by atoms with Crippen LogP contribution >= 0.6 is 0 Å². The Morgan fingerprint density at radius 3 is 2.76 bits per heavy atom. The van der Waals surface area contributed by atoms with E-state index in [0.29, 0.717) is 22.4 Å². The summed E-state index contributed by atoms with van der Waals surface area (Å²) in [5.41, 5.74) is 2.68. The van der Waals surface area contributed by atoms with Crippen LogP contribution < -0.4 is 10.1 Å². The summed E-state index contributed by atoms with van der Waals surface area (Å²) in [5, 5.41) is 2.29. The highest BCUT2D eigenvalue weighted by molar-refractivity contribution is 6.05. The van der Waals surface area contributed by atoms with Gasteiger partial charge in [0, 0.05) is 41.2 Å². The quantitative estimate of drug-likeness (QED) is 0.671. The lowest BCUT2D eigenvalue weighted by Gasteiger charge is -2.29. The van der Waals surface area contributed by atoms with Crippen LogP contribution in [0.3, 0.4) is 0 Å². The number of ether oxygens (including phenoxy) is 2. The number of morpholine rings is 1. The summed E-state index contributed by atoms with van der Waals surface area (Å²) in [7, 11) is 0. The molecule has 0 spiro atoms. The number of amides is 3. The second-order valence-corrected chi connectivity index (χ2v) is 8.12. The van der Waals surface area contributed by atoms with E-state index >= 15 is 0 Å². The number of nitrogens with one attached hydrogen (secondary N) is 1. The molecule has 0 bridgehead atoms. The molecule has 2 fully saturated rings. The molecular weight excluding hydrogens is 422 g/mol. The van der Waals surface area contributed by atoms with Crippen molar-refractivity contribution in [3.05, 3.63) is 64.7 Å². The van der Waals surface area contributed by atoms with Gasteiger partial charge in [0.25, 0.3) is 5.91 Å². The van der Waals surface area contributed by atoms with Crippen molar-refractivity contribution in [1.29, 1.82) is 0 Å². The van der Waals surface area contributed by atoms with E-state index in [9.17, 15) is 14.4 Å². The zero-order valence-electron chi connectivity index (χ0n) is 22.9. The van der Waals surface area contributed by atoms with Gasteiger partial charge in [0.05, 0.1) is 22.5 Å². The Kier molecular flexibility index (Phi) is 4.63. The maximum Gasteiger partial charge on any atom is 0.255 e. The topological polar surface area (TPSA) is 88.2 Å². The Morgan fingerprint density at radius 1 is 1.12 bits per heavy atom. The summed E-state index contributed by atoms with van der Waals surface area (Å²) in [6.07, 6.45) is 0.464. The summed E-state index contributed by atoms with van der Waals surface area (Å²) in [6.45, 7) is -5.82. The summed E-state index contributed by atoms with van der Waals surface area (Å²) in [4.78, 5) is 39.4. The van der Waals surface area contributed by atoms with Crippen LogP contribution in [0.1, 0.15) is 46.7 Å². The number of nitrogens with zero attached hydrogens (tertiary/aromatic N) is 2. The fourth-order valence-corrected chi connectivity index (χ4v) is 4.20. The molecule has 8 nitrogen and oxygen atoms in total. The van der Waals surface area contributed by atoms with Crippen LogP contribution in [-0.2, 0) is 34.0 Å². The molecule has 0 aliphatic carbocycles. The smallest absolute Gasteiger partial charge is 0.255 e. The average molecular weight is 455 g/mol. The van der Waals surface area contributed by atoms with Gasteiger partial charge >= 0.3 is 0 Å². The summed E-state index contributed by atoms with van der Waals surface area (Å²) in [5.74, 6) is -0.558. The van der Waals surface area contributed by atoms with Gasteiger partial charge in [-0.1, -0.05) is 30.3 Å². The maximum atomic E-state index is 13.0. The predicted molar refractivity (Wildman–Crippen MR) is 119 cm³/mol. The number of imide groups is 1. The first-order valence-corrected chi connectivity index (χ1v) is 10.8. The second kappa shape index (κ2) is 9.33. The van der Waals surface area contributed by atoms with Crippen LogP contribution in [-0.4, -0.2) is 59.7 Å². The van der Waals surface area contributed by atoms with Gasteiger partial charge in [-0.05, 0) is 29.7 Å². The Balaban J connectivity index is 1.24. The number of benzene rings is 2. The minimum atomic E-state index is -2.52. The van der Waals surface area contributed by atoms with Crippen LogP contribution in [0.25, 0.3) is 0 Å². The van der Waals surface area contributed by atoms with E-state index in [2.05, 4.69) is 5.32 Å². The first-order valence-electron chi connectivity index (χ1n) is 13.4. The van der Waals surface area contributed by atoms with Gasteiger partial charge in [-0.3, -0.25) is 24.6 Å². The minimum Gasteiger partial charge on any atom is -0.489 e. The van der Waals surface area contributed by atoms with Gasteiger partial charge in [-0.15, -0.1) is 0 Å². The van der Waals surface area contributed by atoms with Gasteiger partial charge < -0.3 is 14.4 Å². The van der Waals surface area contributed by atoms with E-state index in [1.165, 1.54) is 4.90 Å². The van der Waals surface area contributed by atoms with Gasteiger partial charge in [0.15, 0.2) is 0 Å². The van der Waals surface area contributed by atoms with E-state index < -0.39 is 31.5 Å². The minimum absolute atomic E-state index is 0.0374. The summed E-state index contributed by atoms with van der Waals surface area (Å²) in [6, 6.07) is 11.6. The number of carbonyl (C=O) groups is 3. The van der Waals surface area contributed by atoms with E-state index in [1.807, 2.05) is 12.1 Å². The van der Waals surface area contributed by atoms with Crippen LogP contribution in [0.5, 0.6) is 5.75 Å². The molecule has 3 aliphatic heterocycles. The highest BCUT2D eigenvalue weighted by atomic mass is 16.5. The molecular formula is C25H27N3O5. The van der Waals surface area contributed by atoms with E-state index in [1.54, 1.807) is 30.3 Å². The monoisotopic (exact) mass is 454 g/mol. The molecule has 2 unspecified atom stereocenters. The summed E-state index contributed by atoms with van der Waals surface area (Å²) >= 11 is 0. The number of carbonyl (C=O) groups excluding carboxylic acids is 3. The molecule has 3 amide bonds. The molecule has 8 heteroatoms. The van der Waals surface area contributed by atoms with Crippen LogP contribution in [0, 0.1) is 0 Å². The molecule has 172 valence electrons. The first-order chi connectivity index (χ1) is 18.0. The van der Waals surface area contributed by atoms with Crippen molar-refractivity contribution in [2.45, 2.75) is 38.6 Å². The Morgan fingerprint density at radius 2 is 1.94 bits per heavy atom. The van der Waals surface area contributed by atoms with Crippen LogP contribution in [0.4, 0.5) is 0 Å². The average Bonchev–Trinajstić information content (AvgIpc) is 3.21. The zero-order chi connectivity index (χ0) is 27.2. The summed E-state index contributed by atoms with van der Waals surface area (Å²) < 4.78 is 50.9. The molecule has 0 saturated carbocycles. The molecule has 33 heavy (non-hydrogen) atoms. The Hall–Kier alpha value is -3.23. The largest absolute Gasteiger partial charge is 0.489 e. The van der Waals surface area contributed by atoms with Gasteiger partial charge in [-0.2, -0.15) is 0 Å². The number of piperidine rings is 1. The molecule has 0 aromatic heterocycles. The SMILES string of the molecule is [2H]C1COC([2H])([2H])C([2H])([2H])N1Cc1ccc(COc2cccc3c2CN(C2CCC(=O)NC2=O)C3=O)cc1. The normalized spacial score (nSPS) is 28.7. The van der Waals surface area contributed by atoms with E-state index in [-0.39, 0.29) is 51.0 Å². The van der Waals surface area contributed by atoms with E-state index in [4.69, 9.17) is 16.3 Å². The molecule has 5 rings (SSSR count). The molecule has 3 heterocycles. The van der Waals surface area contributed by atoms with Crippen molar-refractivity contribution in [3.63, 3.8) is 0 Å². The predicted octanol–water partition coefficient (Wildman–Crippen LogP) is 1.86. The maximum absolute atomic E-state index is 13.0. The van der Waals surface area contributed by atoms with Gasteiger partial charge in [0.1, 0.15) is 18.4 Å². The lowest BCUT2D eigenvalue weighted by atomic mass is 10.0. The second-order valence-electron chi connectivity index (χ2n) is 8.12. The van der Waals surface area contributed by atoms with Crippen molar-refractivity contribution in [1.82, 2.24) is 15.1 Å². The molecule has 2 aromatic carbocycles. The highest BCUT2D eigenvalue weighted by Crippen LogP contribution is 2.34. The van der Waals surface area contributed by atoms with Crippen molar-refractivity contribution in [2.24, 2.45) is 0 Å². The van der Waals surface area contributed by atoms with Crippen molar-refractivity contribution in [2.75, 3.05) is 26.2 Å². The molecule has 1 N–H and O–H groups in total. The van der Waals surface area contributed by atoms with Crippen molar-refractivity contribution >= 4 is 17.7 Å². The standard InChI is InChI=1S/C25H27N3O5/c29-23-9-8-21(24(30)26-23)28-15-20-19(25(28)31)2-1-3-22(20)33-16-18-6-4-17(5-7-18)14-27-10-12-32-13-11-27/h1-7,21H,8-16H2,(H,26,29,30)/i10D,11D2,13D2. The number of hydrogen-bond donors (Lipinski definition) is 1. The van der Waals surface area contributed by atoms with Gasteiger partial charge in [-0.25, -0.2) is 0 Å². The third-order valence-electron chi connectivity index (χ3n) is 5.95. The fourth-order valence-electron chi connectivity index (χ4n) is 4.20. The third-order valence-corrected chi connectivity index (χ3v) is 5.95. The van der Waals surface area contributed by atoms with Crippen molar-refractivity contribution < 1.29 is 30.7 Å². The molecule has 2 atom stereocenters. The Bertz CT molecular complexity index is 1270. The third kappa shape index (κ3) is 4.62. The van der Waals surface area contributed by atoms with E-state index in [0.717, 1.165) is 10.5 Å². The molecule has 2 saturated heterocycles. The van der Waals surface area contributed by atoms with Gasteiger partial charge in [0.2, 0.25) is 11.8 Å². The fraction of sp³-hybridized carbons (Fsp3) is 0.400. The lowest BCUT2D eigenvalue weighted by Crippen LogP contribution is -2.52. The Labute approximate surface area is 199 Å². The lowest BCUT2D eigenvalue weighted by molar-refractivity contribution is -0.136. The van der Waals surface area contributed by atoms with Crippen LogP contribution in [0.15, 0.2) is 42.5 Å². The first kappa shape index (κ1) is 16.4. The zero-order valence-corrected chi connectivity index (χ0v) is 17.9. The number of rotatable bonds is 6. The van der Waals surface area contributed by atoms with Crippen molar-refractivity contribution in [3.8, 4) is 5.75 Å². The molecule has 2 aromatic rings. The van der Waals surface area contributed by atoms with Crippen LogP contribution in [0.2, 0.25) is 0 Å². The number of fused-ring (bicyclic) bond motifs is 1. The number of hydrogen-bond acceptors (Lipinski definition) is 6.